The van der Waals surface area contributed by atoms with Gasteiger partial charge in [-0.25, -0.2) is 0 Å². The smallest absolute Gasteiger partial charge is 0.245 e. The van der Waals surface area contributed by atoms with E-state index in [2.05, 4.69) is 15.5 Å². The maximum atomic E-state index is 12.7. The molecule has 1 aromatic rings. The van der Waals surface area contributed by atoms with Crippen molar-refractivity contribution >= 4 is 11.6 Å². The molecule has 0 spiro atoms. The van der Waals surface area contributed by atoms with Gasteiger partial charge in [0.25, 0.3) is 0 Å². The van der Waals surface area contributed by atoms with Crippen LogP contribution >= 0.6 is 0 Å². The van der Waals surface area contributed by atoms with Gasteiger partial charge in [0.2, 0.25) is 5.91 Å². The van der Waals surface area contributed by atoms with Crippen LogP contribution in [-0.4, -0.2) is 50.1 Å². The van der Waals surface area contributed by atoms with Gasteiger partial charge in [-0.3, -0.25) is 4.79 Å². The van der Waals surface area contributed by atoms with Gasteiger partial charge >= 0.3 is 0 Å². The molecule has 1 saturated carbocycles. The van der Waals surface area contributed by atoms with Crippen molar-refractivity contribution in [1.82, 2.24) is 10.2 Å². The molecule has 2 aliphatic rings. The topological polar surface area (TPSA) is 53.6 Å². The zero-order valence-corrected chi connectivity index (χ0v) is 16.2. The van der Waals surface area contributed by atoms with Crippen molar-refractivity contribution in [2.75, 3.05) is 39.1 Å². The van der Waals surface area contributed by atoms with Crippen molar-refractivity contribution in [2.45, 2.75) is 50.5 Å². The van der Waals surface area contributed by atoms with Crippen molar-refractivity contribution in [3.8, 4) is 5.75 Å². The number of piperidine rings is 1. The average molecular weight is 360 g/mol. The monoisotopic (exact) mass is 359 g/mol. The molecular weight excluding hydrogens is 326 g/mol. The Kier molecular flexibility index (Phi) is 6.41. The molecular formula is C21H33N3O2. The number of ether oxygens (including phenoxy) is 1. The Labute approximate surface area is 157 Å². The minimum atomic E-state index is -0.538. The summed E-state index contributed by atoms with van der Waals surface area (Å²) in [5.41, 5.74) is 0.401. The number of carbonyl (C=O) groups excluding carboxylic acids is 1. The number of nitrogens with one attached hydrogen (secondary N) is 2. The molecule has 5 nitrogen and oxygen atoms in total. The van der Waals surface area contributed by atoms with Crippen LogP contribution in [-0.2, 0) is 4.79 Å². The van der Waals surface area contributed by atoms with Gasteiger partial charge < -0.3 is 20.3 Å². The highest BCUT2D eigenvalue weighted by Gasteiger charge is 2.41. The SMILES string of the molecule is CNC(=O)C1(Nc2cccc(OC)c2)CCN(CC2CCCCC2)CC1. The molecule has 0 aromatic heterocycles. The molecule has 1 amide bonds. The fourth-order valence-electron chi connectivity index (χ4n) is 4.48. The van der Waals surface area contributed by atoms with Crippen molar-refractivity contribution in [2.24, 2.45) is 5.92 Å². The summed E-state index contributed by atoms with van der Waals surface area (Å²) in [6.07, 6.45) is 8.59. The van der Waals surface area contributed by atoms with E-state index in [1.54, 1.807) is 14.2 Å². The lowest BCUT2D eigenvalue weighted by atomic mass is 9.84. The van der Waals surface area contributed by atoms with Crippen LogP contribution in [0.2, 0.25) is 0 Å². The molecule has 144 valence electrons. The zero-order valence-electron chi connectivity index (χ0n) is 16.2. The van der Waals surface area contributed by atoms with Gasteiger partial charge in [-0.1, -0.05) is 25.3 Å². The minimum absolute atomic E-state index is 0.0811. The largest absolute Gasteiger partial charge is 0.497 e. The molecule has 1 saturated heterocycles. The summed E-state index contributed by atoms with van der Waals surface area (Å²) in [5.74, 6) is 1.73. The molecule has 26 heavy (non-hydrogen) atoms. The summed E-state index contributed by atoms with van der Waals surface area (Å²) in [6.45, 7) is 3.14. The van der Waals surface area contributed by atoms with E-state index < -0.39 is 5.54 Å². The number of carbonyl (C=O) groups is 1. The second kappa shape index (κ2) is 8.76. The van der Waals surface area contributed by atoms with Crippen LogP contribution in [0.4, 0.5) is 5.69 Å². The van der Waals surface area contributed by atoms with Crippen molar-refractivity contribution < 1.29 is 9.53 Å². The normalized spacial score (nSPS) is 21.2. The maximum Gasteiger partial charge on any atom is 0.245 e. The lowest BCUT2D eigenvalue weighted by molar-refractivity contribution is -0.126. The number of benzene rings is 1. The van der Waals surface area contributed by atoms with E-state index in [9.17, 15) is 4.79 Å². The summed E-state index contributed by atoms with van der Waals surface area (Å²) in [6, 6.07) is 7.84. The van der Waals surface area contributed by atoms with Gasteiger partial charge in [0.15, 0.2) is 0 Å². The first-order valence-corrected chi connectivity index (χ1v) is 10.0. The summed E-state index contributed by atoms with van der Waals surface area (Å²) >= 11 is 0. The summed E-state index contributed by atoms with van der Waals surface area (Å²) < 4.78 is 5.32. The van der Waals surface area contributed by atoms with E-state index in [0.717, 1.165) is 43.3 Å². The van der Waals surface area contributed by atoms with E-state index in [0.29, 0.717) is 0 Å². The Hall–Kier alpha value is -1.75. The predicted molar refractivity (Wildman–Crippen MR) is 106 cm³/mol. The van der Waals surface area contributed by atoms with Crippen LogP contribution in [0.3, 0.4) is 0 Å². The number of amides is 1. The van der Waals surface area contributed by atoms with E-state index in [1.165, 1.54) is 38.6 Å². The third kappa shape index (κ3) is 4.50. The molecule has 1 aliphatic carbocycles. The molecule has 3 rings (SSSR count). The third-order valence-electron chi connectivity index (χ3n) is 6.07. The number of methoxy groups -OCH3 is 1. The number of likely N-dealkylation sites (N-methyl/N-ethyl adjacent to an activating group) is 1. The fraction of sp³-hybridized carbons (Fsp3) is 0.667. The van der Waals surface area contributed by atoms with Gasteiger partial charge in [-0.05, 0) is 43.7 Å². The van der Waals surface area contributed by atoms with Crippen molar-refractivity contribution in [3.05, 3.63) is 24.3 Å². The van der Waals surface area contributed by atoms with Gasteiger partial charge in [-0.15, -0.1) is 0 Å². The van der Waals surface area contributed by atoms with Crippen molar-refractivity contribution in [1.29, 1.82) is 0 Å². The Morgan fingerprint density at radius 1 is 1.23 bits per heavy atom. The number of nitrogens with zero attached hydrogens (tertiary/aromatic N) is 1. The third-order valence-corrected chi connectivity index (χ3v) is 6.07. The molecule has 1 aliphatic heterocycles. The first-order chi connectivity index (χ1) is 12.6. The highest BCUT2D eigenvalue weighted by Crippen LogP contribution is 2.31. The van der Waals surface area contributed by atoms with Gasteiger partial charge in [0.05, 0.1) is 7.11 Å². The molecule has 0 radical (unpaired) electrons. The second-order valence-corrected chi connectivity index (χ2v) is 7.82. The Balaban J connectivity index is 1.64. The molecule has 5 heteroatoms. The van der Waals surface area contributed by atoms with E-state index in [1.807, 2.05) is 24.3 Å². The lowest BCUT2D eigenvalue weighted by Gasteiger charge is -2.42. The van der Waals surface area contributed by atoms with Gasteiger partial charge in [0, 0.05) is 38.4 Å². The quantitative estimate of drug-likeness (QED) is 0.818. The zero-order chi connectivity index (χ0) is 18.4. The molecule has 0 bridgehead atoms. The van der Waals surface area contributed by atoms with Crippen LogP contribution in [0.1, 0.15) is 44.9 Å². The van der Waals surface area contributed by atoms with E-state index in [4.69, 9.17) is 4.74 Å². The average Bonchev–Trinajstić information content (AvgIpc) is 2.70. The number of hydrogen-bond acceptors (Lipinski definition) is 4. The fourth-order valence-corrected chi connectivity index (χ4v) is 4.48. The van der Waals surface area contributed by atoms with Crippen LogP contribution in [0, 0.1) is 5.92 Å². The number of rotatable bonds is 6. The van der Waals surface area contributed by atoms with E-state index in [-0.39, 0.29) is 5.91 Å². The standard InChI is InChI=1S/C21H33N3O2/c1-22-20(25)21(23-18-9-6-10-19(15-18)26-2)11-13-24(14-12-21)16-17-7-4-3-5-8-17/h6,9-10,15,17,23H,3-5,7-8,11-14,16H2,1-2H3,(H,22,25). The number of hydrogen-bond donors (Lipinski definition) is 2. The molecule has 0 unspecified atom stereocenters. The first-order valence-electron chi connectivity index (χ1n) is 10.0. The predicted octanol–water partition coefficient (Wildman–Crippen LogP) is 3.27. The summed E-state index contributed by atoms with van der Waals surface area (Å²) in [5, 5.41) is 6.39. The number of anilines is 1. The summed E-state index contributed by atoms with van der Waals surface area (Å²) in [7, 11) is 3.39. The Morgan fingerprint density at radius 2 is 1.96 bits per heavy atom. The molecule has 2 N–H and O–H groups in total. The Bertz CT molecular complexity index is 591. The first kappa shape index (κ1) is 19.0. The highest BCUT2D eigenvalue weighted by atomic mass is 16.5. The molecule has 1 aromatic carbocycles. The van der Waals surface area contributed by atoms with Gasteiger partial charge in [0.1, 0.15) is 11.3 Å². The van der Waals surface area contributed by atoms with Crippen LogP contribution in [0.15, 0.2) is 24.3 Å². The highest BCUT2D eigenvalue weighted by molar-refractivity contribution is 5.89. The molecule has 1 heterocycles. The lowest BCUT2D eigenvalue weighted by Crippen LogP contribution is -2.58. The molecule has 2 fully saturated rings. The van der Waals surface area contributed by atoms with Crippen molar-refractivity contribution in [3.63, 3.8) is 0 Å². The van der Waals surface area contributed by atoms with E-state index >= 15 is 0 Å². The van der Waals surface area contributed by atoms with Crippen LogP contribution in [0.5, 0.6) is 5.75 Å². The summed E-state index contributed by atoms with van der Waals surface area (Å²) in [4.78, 5) is 15.3. The molecule has 0 atom stereocenters. The minimum Gasteiger partial charge on any atom is -0.497 e. The Morgan fingerprint density at radius 3 is 2.62 bits per heavy atom. The second-order valence-electron chi connectivity index (χ2n) is 7.82. The van der Waals surface area contributed by atoms with Gasteiger partial charge in [-0.2, -0.15) is 0 Å². The van der Waals surface area contributed by atoms with Crippen LogP contribution < -0.4 is 15.4 Å². The van der Waals surface area contributed by atoms with Crippen LogP contribution in [0.25, 0.3) is 0 Å². The maximum absolute atomic E-state index is 12.7. The number of likely N-dealkylation sites (tertiary alicyclic amines) is 1.